The van der Waals surface area contributed by atoms with Crippen LogP contribution in [0, 0.1) is 5.41 Å². The van der Waals surface area contributed by atoms with Crippen molar-refractivity contribution >= 4 is 16.9 Å². The third kappa shape index (κ3) is 3.62. The van der Waals surface area contributed by atoms with Gasteiger partial charge >= 0.3 is 0 Å². The Morgan fingerprint density at radius 3 is 2.46 bits per heavy atom. The summed E-state index contributed by atoms with van der Waals surface area (Å²) in [6.45, 7) is 6.44. The van der Waals surface area contributed by atoms with Crippen LogP contribution in [0.15, 0.2) is 54.6 Å². The molecular weight excluding hydrogens is 300 g/mol. The minimum atomic E-state index is -0.259. The van der Waals surface area contributed by atoms with E-state index in [9.17, 15) is 4.79 Å². The van der Waals surface area contributed by atoms with Gasteiger partial charge in [-0.2, -0.15) is 0 Å². The molecule has 0 saturated carbocycles. The Kier molecular flexibility index (Phi) is 4.34. The highest BCUT2D eigenvalue weighted by Gasteiger charge is 2.24. The largest absolute Gasteiger partial charge is 0.330 e. The summed E-state index contributed by atoms with van der Waals surface area (Å²) >= 11 is 0. The number of nitrogens with zero attached hydrogens (tertiary/aromatic N) is 3. The molecule has 2 aromatic carbocycles. The summed E-state index contributed by atoms with van der Waals surface area (Å²) in [5.74, 6) is -0.107. The number of nitrogens with one attached hydrogen (secondary N) is 1. The van der Waals surface area contributed by atoms with Crippen molar-refractivity contribution in [1.29, 1.82) is 0 Å². The number of amides is 1. The van der Waals surface area contributed by atoms with Gasteiger partial charge in [0.25, 0.3) is 5.91 Å². The number of hydrogen-bond donors (Lipinski definition) is 1. The number of fused-ring (bicyclic) bond motifs is 1. The fraction of sp³-hybridized carbons (Fsp3) is 0.316. The Hall–Kier alpha value is -2.69. The number of rotatable bonds is 4. The maximum Gasteiger partial charge on any atom is 0.252 e. The third-order valence-corrected chi connectivity index (χ3v) is 3.81. The Labute approximate surface area is 141 Å². The molecule has 124 valence electrons. The molecule has 0 bridgehead atoms. The minimum absolute atomic E-state index is 0.0295. The Bertz CT molecular complexity index is 833. The van der Waals surface area contributed by atoms with Gasteiger partial charge in [0.05, 0.1) is 5.52 Å². The van der Waals surface area contributed by atoms with Crippen molar-refractivity contribution in [2.24, 2.45) is 5.41 Å². The van der Waals surface area contributed by atoms with E-state index < -0.39 is 0 Å². The summed E-state index contributed by atoms with van der Waals surface area (Å²) < 4.78 is 1.81. The molecular formula is C19H22N4O. The SMILES string of the molecule is CC(C)(C)CC(NC(=O)c1ccccc1)n1nnc2ccccc21. The van der Waals surface area contributed by atoms with Gasteiger partial charge in [-0.1, -0.05) is 56.3 Å². The predicted octanol–water partition coefficient (Wildman–Crippen LogP) is 3.80. The van der Waals surface area contributed by atoms with Gasteiger partial charge in [0.15, 0.2) is 0 Å². The molecule has 3 aromatic rings. The van der Waals surface area contributed by atoms with E-state index in [-0.39, 0.29) is 17.5 Å². The molecule has 1 amide bonds. The normalized spacial score (nSPS) is 13.0. The van der Waals surface area contributed by atoms with Gasteiger partial charge < -0.3 is 5.32 Å². The first kappa shape index (κ1) is 16.2. The molecule has 1 heterocycles. The lowest BCUT2D eigenvalue weighted by molar-refractivity contribution is 0.0897. The lowest BCUT2D eigenvalue weighted by atomic mass is 9.90. The standard InChI is InChI=1S/C19H22N4O/c1-19(2,3)13-17(20-18(24)14-9-5-4-6-10-14)23-16-12-8-7-11-15(16)21-22-23/h4-12,17H,13H2,1-3H3,(H,20,24). The second-order valence-corrected chi connectivity index (χ2v) is 7.14. The van der Waals surface area contributed by atoms with Crippen molar-refractivity contribution in [2.45, 2.75) is 33.4 Å². The van der Waals surface area contributed by atoms with Crippen LogP contribution < -0.4 is 5.32 Å². The fourth-order valence-electron chi connectivity index (χ4n) is 2.72. The highest BCUT2D eigenvalue weighted by Crippen LogP contribution is 2.27. The number of hydrogen-bond acceptors (Lipinski definition) is 3. The Morgan fingerprint density at radius 1 is 1.08 bits per heavy atom. The zero-order valence-corrected chi connectivity index (χ0v) is 14.2. The fourth-order valence-corrected chi connectivity index (χ4v) is 2.72. The molecule has 0 saturated heterocycles. The molecule has 0 aliphatic carbocycles. The lowest BCUT2D eigenvalue weighted by Gasteiger charge is -2.27. The molecule has 1 atom stereocenters. The maximum atomic E-state index is 12.6. The predicted molar refractivity (Wildman–Crippen MR) is 94.5 cm³/mol. The first-order valence-corrected chi connectivity index (χ1v) is 8.10. The van der Waals surface area contributed by atoms with Gasteiger partial charge in [-0.3, -0.25) is 4.79 Å². The number of aromatic nitrogens is 3. The van der Waals surface area contributed by atoms with Crippen LogP contribution in [0.4, 0.5) is 0 Å². The smallest absolute Gasteiger partial charge is 0.252 e. The van der Waals surface area contributed by atoms with Crippen LogP contribution in [0.1, 0.15) is 43.7 Å². The van der Waals surface area contributed by atoms with E-state index in [1.165, 1.54) is 0 Å². The average molecular weight is 322 g/mol. The van der Waals surface area contributed by atoms with Crippen molar-refractivity contribution in [3.63, 3.8) is 0 Å². The number of benzene rings is 2. The molecule has 5 nitrogen and oxygen atoms in total. The third-order valence-electron chi connectivity index (χ3n) is 3.81. The molecule has 0 fully saturated rings. The molecule has 3 rings (SSSR count). The van der Waals surface area contributed by atoms with E-state index in [4.69, 9.17) is 0 Å². The average Bonchev–Trinajstić information content (AvgIpc) is 2.98. The quantitative estimate of drug-likeness (QED) is 0.795. The zero-order chi connectivity index (χ0) is 17.2. The highest BCUT2D eigenvalue weighted by molar-refractivity contribution is 5.94. The summed E-state index contributed by atoms with van der Waals surface area (Å²) in [5.41, 5.74) is 2.41. The van der Waals surface area contributed by atoms with Crippen molar-refractivity contribution in [2.75, 3.05) is 0 Å². The first-order chi connectivity index (χ1) is 11.4. The first-order valence-electron chi connectivity index (χ1n) is 8.10. The molecule has 0 spiro atoms. The van der Waals surface area contributed by atoms with Crippen molar-refractivity contribution < 1.29 is 4.79 Å². The zero-order valence-electron chi connectivity index (χ0n) is 14.2. The van der Waals surface area contributed by atoms with Gasteiger partial charge in [0, 0.05) is 5.56 Å². The van der Waals surface area contributed by atoms with Crippen LogP contribution in [0.25, 0.3) is 11.0 Å². The van der Waals surface area contributed by atoms with E-state index in [1.807, 2.05) is 54.6 Å². The number of carbonyl (C=O) groups excluding carboxylic acids is 1. The van der Waals surface area contributed by atoms with E-state index in [0.717, 1.165) is 17.5 Å². The monoisotopic (exact) mass is 322 g/mol. The van der Waals surface area contributed by atoms with Crippen LogP contribution in [-0.4, -0.2) is 20.9 Å². The van der Waals surface area contributed by atoms with E-state index >= 15 is 0 Å². The van der Waals surface area contributed by atoms with E-state index in [1.54, 1.807) is 4.68 Å². The molecule has 1 unspecified atom stereocenters. The Balaban J connectivity index is 1.93. The Morgan fingerprint density at radius 2 is 1.75 bits per heavy atom. The van der Waals surface area contributed by atoms with Crippen molar-refractivity contribution in [3.05, 3.63) is 60.2 Å². The molecule has 1 N–H and O–H groups in total. The molecule has 24 heavy (non-hydrogen) atoms. The molecule has 0 aliphatic heterocycles. The van der Waals surface area contributed by atoms with Crippen molar-refractivity contribution in [3.8, 4) is 0 Å². The van der Waals surface area contributed by atoms with Gasteiger partial charge in [-0.15, -0.1) is 5.10 Å². The number of carbonyl (C=O) groups is 1. The van der Waals surface area contributed by atoms with Crippen LogP contribution in [-0.2, 0) is 0 Å². The molecule has 5 heteroatoms. The minimum Gasteiger partial charge on any atom is -0.330 e. The van der Waals surface area contributed by atoms with Gasteiger partial charge in [-0.25, -0.2) is 4.68 Å². The second kappa shape index (κ2) is 6.43. The van der Waals surface area contributed by atoms with Crippen LogP contribution in [0.5, 0.6) is 0 Å². The summed E-state index contributed by atoms with van der Waals surface area (Å²) in [4.78, 5) is 12.6. The van der Waals surface area contributed by atoms with E-state index in [2.05, 4.69) is 36.4 Å². The highest BCUT2D eigenvalue weighted by atomic mass is 16.1. The molecule has 0 radical (unpaired) electrons. The second-order valence-electron chi connectivity index (χ2n) is 7.14. The summed E-state index contributed by atoms with van der Waals surface area (Å²) in [7, 11) is 0. The van der Waals surface area contributed by atoms with Gasteiger partial charge in [0.1, 0.15) is 11.7 Å². The van der Waals surface area contributed by atoms with E-state index in [0.29, 0.717) is 5.56 Å². The molecule has 0 aliphatic rings. The number of para-hydroxylation sites is 1. The van der Waals surface area contributed by atoms with Gasteiger partial charge in [-0.05, 0) is 36.1 Å². The van der Waals surface area contributed by atoms with Crippen molar-refractivity contribution in [1.82, 2.24) is 20.3 Å². The summed E-state index contributed by atoms with van der Waals surface area (Å²) in [6, 6.07) is 17.0. The van der Waals surface area contributed by atoms with Gasteiger partial charge in [0.2, 0.25) is 0 Å². The summed E-state index contributed by atoms with van der Waals surface area (Å²) in [5, 5.41) is 11.6. The summed E-state index contributed by atoms with van der Waals surface area (Å²) in [6.07, 6.45) is 0.490. The van der Waals surface area contributed by atoms with Crippen LogP contribution in [0.2, 0.25) is 0 Å². The maximum absolute atomic E-state index is 12.6. The lowest BCUT2D eigenvalue weighted by Crippen LogP contribution is -2.35. The van der Waals surface area contributed by atoms with Crippen LogP contribution in [0.3, 0.4) is 0 Å². The molecule has 1 aromatic heterocycles. The topological polar surface area (TPSA) is 59.8 Å². The van der Waals surface area contributed by atoms with Crippen LogP contribution >= 0.6 is 0 Å².